The molecule has 1 fully saturated rings. The third kappa shape index (κ3) is 20.2. The van der Waals surface area contributed by atoms with Gasteiger partial charge in [0, 0.05) is 17.6 Å². The maximum absolute atomic E-state index is 16.2. The summed E-state index contributed by atoms with van der Waals surface area (Å²) in [5.74, 6) is -4.05. The Balaban J connectivity index is 1.82. The van der Waals surface area contributed by atoms with Crippen LogP contribution >= 0.6 is 0 Å². The summed E-state index contributed by atoms with van der Waals surface area (Å²) in [5.41, 5.74) is 5.30. The van der Waals surface area contributed by atoms with Crippen LogP contribution in [0.4, 0.5) is 4.39 Å². The molecule has 0 aliphatic heterocycles. The quantitative estimate of drug-likeness (QED) is 0.0186. The molecule has 0 aromatic heterocycles. The second-order valence-corrected chi connectivity index (χ2v) is 20.1. The number of aliphatic hydroxyl groups is 4. The van der Waals surface area contributed by atoms with Gasteiger partial charge in [0.05, 0.1) is 81.1 Å². The van der Waals surface area contributed by atoms with Crippen LogP contribution in [0.1, 0.15) is 120 Å². The minimum atomic E-state index is -1.21. The van der Waals surface area contributed by atoms with Crippen molar-refractivity contribution in [2.75, 3.05) is 59.5 Å². The fourth-order valence-electron chi connectivity index (χ4n) is 9.35. The summed E-state index contributed by atoms with van der Waals surface area (Å²) in [7, 11) is 0. The first-order chi connectivity index (χ1) is 37.9. The topological polar surface area (TPSA) is 222 Å². The molecule has 16 heteroatoms. The molecular weight excluding hydrogens is 1020 g/mol. The minimum absolute atomic E-state index is 0.0746. The first kappa shape index (κ1) is 64.8. The van der Waals surface area contributed by atoms with E-state index in [4.69, 9.17) is 28.4 Å². The number of carbonyl (C=O) groups is 5. The van der Waals surface area contributed by atoms with Crippen molar-refractivity contribution in [1.29, 1.82) is 0 Å². The Bertz CT molecular complexity index is 2570. The van der Waals surface area contributed by atoms with E-state index in [1.165, 1.54) is 32.6 Å². The molecular formula is C63H81FO15. The lowest BCUT2D eigenvalue weighted by Gasteiger charge is -2.29. The number of hydrogen-bond donors (Lipinski definition) is 4. The Morgan fingerprint density at radius 3 is 1.65 bits per heavy atom. The normalized spacial score (nSPS) is 14.7. The SMILES string of the molecule is C=C(C)C(=O)OCC(COc1c(CCCOC(=O)C(=C)CO)cc(-c2ccc(-c3ccc(C4CCC(CCCCC)CC4)cc3F)cc2CC)cc1CCCOC(=O)C(=C)CO)C(CCOC(=O)C(=C)CO)OC(=O)C(=C)CO. The number of esters is 5. The summed E-state index contributed by atoms with van der Waals surface area (Å²) in [4.78, 5) is 63.6. The predicted molar refractivity (Wildman–Crippen MR) is 299 cm³/mol. The lowest BCUT2D eigenvalue weighted by molar-refractivity contribution is -0.154. The van der Waals surface area contributed by atoms with Gasteiger partial charge in [0.25, 0.3) is 0 Å². The number of hydrogen-bond acceptors (Lipinski definition) is 15. The van der Waals surface area contributed by atoms with E-state index >= 15 is 4.39 Å². The number of aliphatic hydroxyl groups excluding tert-OH is 4. The predicted octanol–water partition coefficient (Wildman–Crippen LogP) is 9.68. The highest BCUT2D eigenvalue weighted by molar-refractivity contribution is 5.89. The first-order valence-corrected chi connectivity index (χ1v) is 27.3. The average molecular weight is 1100 g/mol. The molecule has 4 rings (SSSR count). The maximum Gasteiger partial charge on any atom is 0.336 e. The fourth-order valence-corrected chi connectivity index (χ4v) is 9.35. The van der Waals surface area contributed by atoms with Gasteiger partial charge in [0.2, 0.25) is 0 Å². The smallest absolute Gasteiger partial charge is 0.336 e. The molecule has 79 heavy (non-hydrogen) atoms. The van der Waals surface area contributed by atoms with Gasteiger partial charge in [-0.05, 0) is 134 Å². The lowest BCUT2D eigenvalue weighted by atomic mass is 9.77. The first-order valence-electron chi connectivity index (χ1n) is 27.3. The van der Waals surface area contributed by atoms with Crippen molar-refractivity contribution in [3.8, 4) is 28.0 Å². The van der Waals surface area contributed by atoms with E-state index in [0.29, 0.717) is 40.3 Å². The van der Waals surface area contributed by atoms with Crippen LogP contribution in [-0.2, 0) is 66.9 Å². The number of ether oxygens (including phenoxy) is 6. The van der Waals surface area contributed by atoms with Crippen LogP contribution in [0.15, 0.2) is 109 Å². The Morgan fingerprint density at radius 1 is 0.595 bits per heavy atom. The van der Waals surface area contributed by atoms with Crippen LogP contribution in [0.5, 0.6) is 5.75 Å². The Labute approximate surface area is 464 Å². The van der Waals surface area contributed by atoms with Crippen molar-refractivity contribution in [2.45, 2.75) is 123 Å². The zero-order chi connectivity index (χ0) is 58.0. The molecule has 3 aromatic carbocycles. The zero-order valence-electron chi connectivity index (χ0n) is 46.4. The van der Waals surface area contributed by atoms with E-state index in [0.717, 1.165) is 53.9 Å². The van der Waals surface area contributed by atoms with Crippen LogP contribution in [0, 0.1) is 17.7 Å². The van der Waals surface area contributed by atoms with Gasteiger partial charge < -0.3 is 48.8 Å². The molecule has 0 saturated heterocycles. The molecule has 2 unspecified atom stereocenters. The number of rotatable bonds is 35. The molecule has 4 N–H and O–H groups in total. The molecule has 0 bridgehead atoms. The molecule has 0 spiro atoms. The molecule has 0 radical (unpaired) electrons. The zero-order valence-corrected chi connectivity index (χ0v) is 46.4. The molecule has 430 valence electrons. The highest BCUT2D eigenvalue weighted by Gasteiger charge is 2.31. The van der Waals surface area contributed by atoms with E-state index in [-0.39, 0.29) is 92.2 Å². The van der Waals surface area contributed by atoms with Crippen LogP contribution in [0.3, 0.4) is 0 Å². The highest BCUT2D eigenvalue weighted by atomic mass is 19.1. The Kier molecular flexibility index (Phi) is 27.6. The molecule has 3 aromatic rings. The second kappa shape index (κ2) is 33.7. The van der Waals surface area contributed by atoms with Gasteiger partial charge in [-0.25, -0.2) is 28.4 Å². The van der Waals surface area contributed by atoms with E-state index in [1.807, 2.05) is 43.3 Å². The summed E-state index contributed by atoms with van der Waals surface area (Å²) in [5, 5.41) is 38.1. The largest absolute Gasteiger partial charge is 0.492 e. The molecule has 1 aliphatic rings. The van der Waals surface area contributed by atoms with Crippen LogP contribution in [0.25, 0.3) is 22.3 Å². The van der Waals surface area contributed by atoms with Crippen molar-refractivity contribution >= 4 is 29.8 Å². The average Bonchev–Trinajstić information content (AvgIpc) is 3.56. The number of aryl methyl sites for hydroxylation is 3. The summed E-state index contributed by atoms with van der Waals surface area (Å²) in [6.45, 7) is 19.7. The van der Waals surface area contributed by atoms with E-state index in [9.17, 15) is 44.4 Å². The highest BCUT2D eigenvalue weighted by Crippen LogP contribution is 2.41. The van der Waals surface area contributed by atoms with Crippen molar-refractivity contribution in [3.63, 3.8) is 0 Å². The molecule has 15 nitrogen and oxygen atoms in total. The number of unbranched alkanes of at least 4 members (excludes halogenated alkanes) is 2. The van der Waals surface area contributed by atoms with Gasteiger partial charge in [-0.1, -0.05) is 103 Å². The molecule has 0 amide bonds. The van der Waals surface area contributed by atoms with Gasteiger partial charge in [0.15, 0.2) is 0 Å². The Hall–Kier alpha value is -6.72. The monoisotopic (exact) mass is 1100 g/mol. The van der Waals surface area contributed by atoms with Crippen LogP contribution < -0.4 is 4.74 Å². The number of carbonyl (C=O) groups excluding carboxylic acids is 5. The van der Waals surface area contributed by atoms with Crippen molar-refractivity contribution in [1.82, 2.24) is 0 Å². The summed E-state index contributed by atoms with van der Waals surface area (Å²) >= 11 is 0. The number of benzene rings is 3. The standard InChI is InChI=1S/C63H81FO15/c1-9-11-12-15-45-18-20-47(21-19-45)48-22-25-55(56(64)33-48)49-23-24-54(46(10-2)30-49)52-31-50(16-13-27-74-60(70)41(5)34-65)58(51(32-52)17-14-28-75-61(71)42(6)35-66)77-38-53(39-78-59(69)40(3)4)57(79-63(73)44(8)37-68)26-29-76-62(72)43(7)36-67/h22-25,30-33,45,47,53,57,65-68H,3,5-21,26-29,34-39H2,1-2,4H3. The molecule has 1 aliphatic carbocycles. The summed E-state index contributed by atoms with van der Waals surface area (Å²) in [6, 6.07) is 15.3. The van der Waals surface area contributed by atoms with Gasteiger partial charge in [-0.2, -0.15) is 0 Å². The van der Waals surface area contributed by atoms with Gasteiger partial charge >= 0.3 is 29.8 Å². The van der Waals surface area contributed by atoms with Gasteiger partial charge in [-0.3, -0.25) is 0 Å². The number of halogens is 1. The summed E-state index contributed by atoms with van der Waals surface area (Å²) < 4.78 is 50.5. The van der Waals surface area contributed by atoms with Crippen LogP contribution in [-0.4, -0.2) is 116 Å². The third-order valence-corrected chi connectivity index (χ3v) is 14.1. The maximum atomic E-state index is 16.2. The van der Waals surface area contributed by atoms with Gasteiger partial charge in [0.1, 0.15) is 24.3 Å². The van der Waals surface area contributed by atoms with Crippen molar-refractivity contribution < 1.29 is 77.2 Å². The van der Waals surface area contributed by atoms with E-state index < -0.39 is 74.9 Å². The van der Waals surface area contributed by atoms with Crippen LogP contribution in [0.2, 0.25) is 0 Å². The van der Waals surface area contributed by atoms with Crippen molar-refractivity contribution in [3.05, 3.63) is 137 Å². The third-order valence-electron chi connectivity index (χ3n) is 14.1. The minimum Gasteiger partial charge on any atom is -0.492 e. The van der Waals surface area contributed by atoms with E-state index in [2.05, 4.69) is 45.9 Å². The van der Waals surface area contributed by atoms with Crippen molar-refractivity contribution in [2.24, 2.45) is 11.8 Å². The second-order valence-electron chi connectivity index (χ2n) is 20.1. The summed E-state index contributed by atoms with van der Waals surface area (Å²) in [6.07, 6.45) is 9.62. The van der Waals surface area contributed by atoms with E-state index in [1.54, 1.807) is 6.07 Å². The Morgan fingerprint density at radius 2 is 1.13 bits per heavy atom. The molecule has 0 heterocycles. The lowest BCUT2D eigenvalue weighted by Crippen LogP contribution is -2.37. The van der Waals surface area contributed by atoms with Gasteiger partial charge in [-0.15, -0.1) is 0 Å². The molecule has 1 saturated carbocycles. The molecule has 2 atom stereocenters. The fraction of sp³-hybridized carbons (Fsp3) is 0.476.